The third-order valence-electron chi connectivity index (χ3n) is 5.17. The number of pyridine rings is 1. The van der Waals surface area contributed by atoms with E-state index in [2.05, 4.69) is 20.6 Å². The summed E-state index contributed by atoms with van der Waals surface area (Å²) in [5.74, 6) is -0.618. The Hall–Kier alpha value is -3.65. The largest absolute Gasteiger partial charge is 0.444 e. The maximum Gasteiger partial charge on any atom is 0.407 e. The maximum absolute atomic E-state index is 13.2. The third-order valence-corrected chi connectivity index (χ3v) is 6.20. The van der Waals surface area contributed by atoms with Gasteiger partial charge in [0.1, 0.15) is 11.2 Å². The molecule has 1 atom stereocenters. The second kappa shape index (κ2) is 10.1. The predicted molar refractivity (Wildman–Crippen MR) is 136 cm³/mol. The van der Waals surface area contributed by atoms with E-state index in [0.717, 1.165) is 32.0 Å². The summed E-state index contributed by atoms with van der Waals surface area (Å²) in [7, 11) is 0. The molecule has 4 aromatic rings. The highest BCUT2D eigenvalue weighted by molar-refractivity contribution is 7.19. The molecule has 1 unspecified atom stereocenters. The zero-order valence-corrected chi connectivity index (χ0v) is 20.2. The van der Waals surface area contributed by atoms with Gasteiger partial charge in [-0.2, -0.15) is 0 Å². The number of aromatic nitrogens is 2. The summed E-state index contributed by atoms with van der Waals surface area (Å²) in [5, 5.41) is 7.56. The average molecular weight is 477 g/mol. The zero-order valence-electron chi connectivity index (χ0n) is 19.4. The number of nitrogens with zero attached hydrogens (tertiary/aromatic N) is 1. The lowest BCUT2D eigenvalue weighted by molar-refractivity contribution is -0.119. The molecule has 0 aliphatic heterocycles. The van der Waals surface area contributed by atoms with Crippen molar-refractivity contribution >= 4 is 39.4 Å². The average Bonchev–Trinajstić information content (AvgIpc) is 3.45. The van der Waals surface area contributed by atoms with Crippen LogP contribution in [0.1, 0.15) is 26.3 Å². The van der Waals surface area contributed by atoms with Crippen molar-refractivity contribution in [1.29, 1.82) is 0 Å². The maximum atomic E-state index is 13.2. The van der Waals surface area contributed by atoms with E-state index in [1.807, 2.05) is 60.8 Å². The SMILES string of the molecule is CC(C)(C)OC(=O)NCC(Cc1ccccc1)C(=O)Nc1ccc(-c2ccnc3[nH]ccc23)s1. The van der Waals surface area contributed by atoms with Crippen molar-refractivity contribution in [2.75, 3.05) is 11.9 Å². The van der Waals surface area contributed by atoms with Crippen LogP contribution in [0.25, 0.3) is 21.5 Å². The first-order valence-corrected chi connectivity index (χ1v) is 11.9. The second-order valence-electron chi connectivity index (χ2n) is 9.02. The highest BCUT2D eigenvalue weighted by Gasteiger charge is 2.23. The Bertz CT molecular complexity index is 1270. The molecule has 3 heterocycles. The molecular weight excluding hydrogens is 448 g/mol. The van der Waals surface area contributed by atoms with Crippen molar-refractivity contribution in [3.8, 4) is 10.4 Å². The van der Waals surface area contributed by atoms with Crippen LogP contribution in [0.3, 0.4) is 0 Å². The monoisotopic (exact) mass is 476 g/mol. The van der Waals surface area contributed by atoms with E-state index in [4.69, 9.17) is 4.74 Å². The number of carbonyl (C=O) groups excluding carboxylic acids is 2. The van der Waals surface area contributed by atoms with Gasteiger partial charge in [-0.05, 0) is 57.0 Å². The van der Waals surface area contributed by atoms with Crippen LogP contribution in [0.5, 0.6) is 0 Å². The van der Waals surface area contributed by atoms with Crippen molar-refractivity contribution in [3.05, 3.63) is 72.6 Å². The molecule has 34 heavy (non-hydrogen) atoms. The summed E-state index contributed by atoms with van der Waals surface area (Å²) in [6, 6.07) is 17.6. The number of amides is 2. The number of thiophene rings is 1. The van der Waals surface area contributed by atoms with E-state index in [9.17, 15) is 9.59 Å². The third kappa shape index (κ3) is 6.02. The fourth-order valence-electron chi connectivity index (χ4n) is 3.63. The molecule has 0 fully saturated rings. The standard InChI is InChI=1S/C26H28N4O3S/c1-26(2,3)33-25(32)29-16-18(15-17-7-5-4-6-8-17)24(31)30-22-10-9-21(34-22)19-11-13-27-23-20(19)12-14-28-23/h4-14,18H,15-16H2,1-3H3,(H,27,28)(H,29,32)(H,30,31). The zero-order chi connectivity index (χ0) is 24.1. The summed E-state index contributed by atoms with van der Waals surface area (Å²) < 4.78 is 5.33. The Balaban J connectivity index is 1.47. The van der Waals surface area contributed by atoms with E-state index in [1.165, 1.54) is 11.3 Å². The van der Waals surface area contributed by atoms with E-state index >= 15 is 0 Å². The molecule has 0 bridgehead atoms. The van der Waals surface area contributed by atoms with E-state index in [-0.39, 0.29) is 12.5 Å². The molecule has 0 saturated carbocycles. The lowest BCUT2D eigenvalue weighted by Crippen LogP contribution is -2.39. The molecule has 4 rings (SSSR count). The molecule has 8 heteroatoms. The smallest absolute Gasteiger partial charge is 0.407 e. The number of H-pyrrole nitrogens is 1. The van der Waals surface area contributed by atoms with Crippen LogP contribution in [-0.4, -0.2) is 34.1 Å². The minimum atomic E-state index is -0.605. The van der Waals surface area contributed by atoms with Crippen molar-refractivity contribution in [2.24, 2.45) is 5.92 Å². The number of benzene rings is 1. The Labute approximate surface area is 202 Å². The van der Waals surface area contributed by atoms with Gasteiger partial charge in [-0.3, -0.25) is 4.79 Å². The van der Waals surface area contributed by atoms with Crippen LogP contribution in [-0.2, 0) is 16.0 Å². The molecule has 2 amide bonds. The number of anilines is 1. The molecule has 3 N–H and O–H groups in total. The first kappa shape index (κ1) is 23.5. The summed E-state index contributed by atoms with van der Waals surface area (Å²) in [6.45, 7) is 5.58. The highest BCUT2D eigenvalue weighted by atomic mass is 32.1. The summed E-state index contributed by atoms with van der Waals surface area (Å²) in [4.78, 5) is 33.9. The van der Waals surface area contributed by atoms with Crippen LogP contribution in [0.15, 0.2) is 67.0 Å². The number of nitrogens with one attached hydrogen (secondary N) is 3. The minimum Gasteiger partial charge on any atom is -0.444 e. The molecule has 0 spiro atoms. The number of ether oxygens (including phenoxy) is 1. The lowest BCUT2D eigenvalue weighted by Gasteiger charge is -2.22. The number of hydrogen-bond donors (Lipinski definition) is 3. The van der Waals surface area contributed by atoms with E-state index < -0.39 is 17.6 Å². The van der Waals surface area contributed by atoms with Gasteiger partial charge in [0.2, 0.25) is 5.91 Å². The van der Waals surface area contributed by atoms with Gasteiger partial charge in [0.25, 0.3) is 0 Å². The van der Waals surface area contributed by atoms with Gasteiger partial charge >= 0.3 is 6.09 Å². The summed E-state index contributed by atoms with van der Waals surface area (Å²) in [6.07, 6.45) is 3.59. The number of alkyl carbamates (subject to hydrolysis) is 1. The quantitative estimate of drug-likeness (QED) is 0.323. The van der Waals surface area contributed by atoms with Gasteiger partial charge in [0.05, 0.1) is 10.9 Å². The van der Waals surface area contributed by atoms with Gasteiger partial charge in [0, 0.05) is 34.8 Å². The number of hydrogen-bond acceptors (Lipinski definition) is 5. The predicted octanol–water partition coefficient (Wildman–Crippen LogP) is 5.61. The van der Waals surface area contributed by atoms with E-state index in [1.54, 1.807) is 27.0 Å². The fraction of sp³-hybridized carbons (Fsp3) is 0.269. The van der Waals surface area contributed by atoms with Crippen molar-refractivity contribution < 1.29 is 14.3 Å². The Morgan fingerprint density at radius 1 is 1.09 bits per heavy atom. The Morgan fingerprint density at radius 2 is 1.88 bits per heavy atom. The molecule has 0 aliphatic carbocycles. The summed E-state index contributed by atoms with van der Waals surface area (Å²) in [5.41, 5.74) is 2.30. The molecule has 176 valence electrons. The fourth-order valence-corrected chi connectivity index (χ4v) is 4.57. The van der Waals surface area contributed by atoms with Gasteiger partial charge in [-0.15, -0.1) is 11.3 Å². The first-order chi connectivity index (χ1) is 16.3. The number of carbonyl (C=O) groups is 2. The number of rotatable bonds is 7. The van der Waals surface area contributed by atoms with Gasteiger partial charge in [-0.1, -0.05) is 30.3 Å². The van der Waals surface area contributed by atoms with Crippen molar-refractivity contribution in [3.63, 3.8) is 0 Å². The topological polar surface area (TPSA) is 96.1 Å². The highest BCUT2D eigenvalue weighted by Crippen LogP contribution is 2.35. The van der Waals surface area contributed by atoms with Crippen LogP contribution >= 0.6 is 11.3 Å². The molecule has 1 aromatic carbocycles. The minimum absolute atomic E-state index is 0.158. The molecular formula is C26H28N4O3S. The normalized spacial score (nSPS) is 12.3. The first-order valence-electron chi connectivity index (χ1n) is 11.1. The van der Waals surface area contributed by atoms with Gasteiger partial charge in [-0.25, -0.2) is 9.78 Å². The molecule has 0 aliphatic rings. The van der Waals surface area contributed by atoms with Crippen LogP contribution < -0.4 is 10.6 Å². The van der Waals surface area contributed by atoms with Gasteiger partial charge < -0.3 is 20.4 Å². The Morgan fingerprint density at radius 3 is 2.65 bits per heavy atom. The van der Waals surface area contributed by atoms with Crippen LogP contribution in [0, 0.1) is 5.92 Å². The summed E-state index contributed by atoms with van der Waals surface area (Å²) >= 11 is 1.50. The molecule has 0 saturated heterocycles. The lowest BCUT2D eigenvalue weighted by atomic mass is 9.98. The second-order valence-corrected chi connectivity index (χ2v) is 10.1. The number of fused-ring (bicyclic) bond motifs is 1. The van der Waals surface area contributed by atoms with Crippen LogP contribution in [0.4, 0.5) is 9.80 Å². The van der Waals surface area contributed by atoms with Crippen LogP contribution in [0.2, 0.25) is 0 Å². The number of aromatic amines is 1. The molecule has 0 radical (unpaired) electrons. The molecule has 3 aromatic heterocycles. The van der Waals surface area contributed by atoms with Crippen molar-refractivity contribution in [2.45, 2.75) is 32.8 Å². The Kier molecular flexibility index (Phi) is 6.98. The van der Waals surface area contributed by atoms with E-state index in [0.29, 0.717) is 6.42 Å². The van der Waals surface area contributed by atoms with Gasteiger partial charge in [0.15, 0.2) is 0 Å². The van der Waals surface area contributed by atoms with Crippen molar-refractivity contribution in [1.82, 2.24) is 15.3 Å². The molecule has 7 nitrogen and oxygen atoms in total.